The van der Waals surface area contributed by atoms with Crippen molar-refractivity contribution in [1.82, 2.24) is 9.78 Å². The van der Waals surface area contributed by atoms with Gasteiger partial charge in [-0.05, 0) is 36.4 Å². The summed E-state index contributed by atoms with van der Waals surface area (Å²) in [4.78, 5) is 11.9. The SMILES string of the molecule is COC(=O)c1cc(Oc2ccc(OCC(F)(F)COS(C)(=O)=O)cc2)c2c(cnn2C)c1. The highest BCUT2D eigenvalue weighted by molar-refractivity contribution is 7.85. The minimum atomic E-state index is -3.99. The van der Waals surface area contributed by atoms with Crippen molar-refractivity contribution < 1.29 is 40.4 Å². The first-order chi connectivity index (χ1) is 15.0. The number of carbonyl (C=O) groups is 1. The molecular formula is C20H20F2N2O7S. The molecule has 2 aromatic carbocycles. The molecule has 1 heterocycles. The van der Waals surface area contributed by atoms with Crippen molar-refractivity contribution in [3.8, 4) is 17.2 Å². The van der Waals surface area contributed by atoms with E-state index in [9.17, 15) is 22.0 Å². The minimum absolute atomic E-state index is 0.116. The molecule has 0 amide bonds. The van der Waals surface area contributed by atoms with Crippen LogP contribution in [0.3, 0.4) is 0 Å². The Morgan fingerprint density at radius 2 is 1.78 bits per heavy atom. The second-order valence-corrected chi connectivity index (χ2v) is 8.50. The molecule has 0 N–H and O–H groups in total. The largest absolute Gasteiger partial charge is 0.487 e. The van der Waals surface area contributed by atoms with E-state index < -0.39 is 35.2 Å². The van der Waals surface area contributed by atoms with Crippen LogP contribution in [0.4, 0.5) is 8.78 Å². The van der Waals surface area contributed by atoms with E-state index in [1.165, 1.54) is 37.4 Å². The normalized spacial score (nSPS) is 12.0. The van der Waals surface area contributed by atoms with Gasteiger partial charge in [0.1, 0.15) is 23.6 Å². The Kier molecular flexibility index (Phi) is 6.65. The zero-order valence-electron chi connectivity index (χ0n) is 17.4. The molecule has 172 valence electrons. The van der Waals surface area contributed by atoms with Crippen LogP contribution in [0, 0.1) is 0 Å². The van der Waals surface area contributed by atoms with Crippen molar-refractivity contribution in [3.05, 3.63) is 48.2 Å². The minimum Gasteiger partial charge on any atom is -0.487 e. The van der Waals surface area contributed by atoms with Crippen LogP contribution < -0.4 is 9.47 Å². The summed E-state index contributed by atoms with van der Waals surface area (Å²) in [6.45, 7) is -2.39. The predicted molar refractivity (Wildman–Crippen MR) is 110 cm³/mol. The maximum atomic E-state index is 13.7. The molecule has 0 spiro atoms. The van der Waals surface area contributed by atoms with Crippen LogP contribution in [0.15, 0.2) is 42.6 Å². The average Bonchev–Trinajstić information content (AvgIpc) is 3.12. The van der Waals surface area contributed by atoms with Crippen molar-refractivity contribution in [2.75, 3.05) is 26.6 Å². The second-order valence-electron chi connectivity index (χ2n) is 6.86. The standard InChI is InChI=1S/C20H20F2N2O7S/c1-24-18-14(10-23-24)8-13(19(25)28-2)9-17(18)31-16-6-4-15(5-7-16)29-11-20(21,22)12-30-32(3,26)27/h4-10H,11-12H2,1-3H3. The third-order valence-corrected chi connectivity index (χ3v) is 4.75. The van der Waals surface area contributed by atoms with Crippen LogP contribution in [-0.2, 0) is 26.1 Å². The highest BCUT2D eigenvalue weighted by Gasteiger charge is 2.32. The molecule has 3 aromatic rings. The number of hydrogen-bond donors (Lipinski definition) is 0. The number of carbonyl (C=O) groups excluding carboxylic acids is 1. The lowest BCUT2D eigenvalue weighted by atomic mass is 10.1. The number of benzene rings is 2. The molecule has 0 saturated heterocycles. The average molecular weight is 470 g/mol. The quantitative estimate of drug-likeness (QED) is 0.347. The van der Waals surface area contributed by atoms with E-state index in [0.717, 1.165) is 0 Å². The number of esters is 1. The summed E-state index contributed by atoms with van der Waals surface area (Å²) in [6.07, 6.45) is 2.27. The number of methoxy groups -OCH3 is 1. The third kappa shape index (κ3) is 5.92. The zero-order chi connectivity index (χ0) is 23.5. The molecule has 0 aliphatic rings. The topological polar surface area (TPSA) is 106 Å². The number of nitrogens with zero attached hydrogens (tertiary/aromatic N) is 2. The molecule has 0 unspecified atom stereocenters. The summed E-state index contributed by atoms with van der Waals surface area (Å²) in [5.74, 6) is -3.22. The van der Waals surface area contributed by atoms with Crippen molar-refractivity contribution in [3.63, 3.8) is 0 Å². The summed E-state index contributed by atoms with van der Waals surface area (Å²) >= 11 is 0. The smallest absolute Gasteiger partial charge is 0.338 e. The highest BCUT2D eigenvalue weighted by atomic mass is 32.2. The Hall–Kier alpha value is -3.25. The fourth-order valence-corrected chi connectivity index (χ4v) is 3.14. The number of hydrogen-bond acceptors (Lipinski definition) is 8. The first-order valence-electron chi connectivity index (χ1n) is 9.14. The maximum absolute atomic E-state index is 13.7. The van der Waals surface area contributed by atoms with Crippen LogP contribution in [0.25, 0.3) is 10.9 Å². The molecule has 9 nitrogen and oxygen atoms in total. The van der Waals surface area contributed by atoms with Gasteiger partial charge in [-0.2, -0.15) is 13.5 Å². The molecule has 0 radical (unpaired) electrons. The number of rotatable bonds is 9. The van der Waals surface area contributed by atoms with Crippen LogP contribution >= 0.6 is 0 Å². The molecule has 0 atom stereocenters. The van der Waals surface area contributed by atoms with Gasteiger partial charge in [0.05, 0.1) is 25.1 Å². The Morgan fingerprint density at radius 1 is 1.12 bits per heavy atom. The number of halogens is 2. The van der Waals surface area contributed by atoms with E-state index in [-0.39, 0.29) is 11.3 Å². The fourth-order valence-electron chi connectivity index (χ4n) is 2.75. The second kappa shape index (κ2) is 9.09. The summed E-state index contributed by atoms with van der Waals surface area (Å²) in [7, 11) is -0.998. The van der Waals surface area contributed by atoms with E-state index in [1.54, 1.807) is 24.0 Å². The molecule has 0 fully saturated rings. The summed E-state index contributed by atoms with van der Waals surface area (Å²) < 4.78 is 70.5. The number of alkyl halides is 2. The van der Waals surface area contributed by atoms with Gasteiger partial charge in [-0.3, -0.25) is 8.86 Å². The third-order valence-electron chi connectivity index (χ3n) is 4.20. The number of aryl methyl sites for hydroxylation is 1. The predicted octanol–water partition coefficient (Wildman–Crippen LogP) is 3.14. The van der Waals surface area contributed by atoms with Crippen molar-refractivity contribution in [2.45, 2.75) is 5.92 Å². The van der Waals surface area contributed by atoms with Gasteiger partial charge in [0, 0.05) is 12.4 Å². The van der Waals surface area contributed by atoms with E-state index in [4.69, 9.17) is 14.2 Å². The summed E-state index contributed by atoms with van der Waals surface area (Å²) in [6, 6.07) is 8.95. The zero-order valence-corrected chi connectivity index (χ0v) is 18.2. The Balaban J connectivity index is 1.73. The van der Waals surface area contributed by atoms with Gasteiger partial charge < -0.3 is 14.2 Å². The summed E-state index contributed by atoms with van der Waals surface area (Å²) in [5, 5.41) is 4.83. The molecule has 3 rings (SSSR count). The van der Waals surface area contributed by atoms with E-state index >= 15 is 0 Å². The van der Waals surface area contributed by atoms with Crippen LogP contribution in [-0.4, -0.2) is 56.7 Å². The molecule has 0 saturated carbocycles. The van der Waals surface area contributed by atoms with Gasteiger partial charge in [-0.25, -0.2) is 13.6 Å². The van der Waals surface area contributed by atoms with Gasteiger partial charge in [0.2, 0.25) is 0 Å². The highest BCUT2D eigenvalue weighted by Crippen LogP contribution is 2.32. The first-order valence-corrected chi connectivity index (χ1v) is 11.0. The van der Waals surface area contributed by atoms with Crippen molar-refractivity contribution in [1.29, 1.82) is 0 Å². The number of ether oxygens (including phenoxy) is 3. The van der Waals surface area contributed by atoms with Crippen LogP contribution in [0.1, 0.15) is 10.4 Å². The molecule has 1 aromatic heterocycles. The van der Waals surface area contributed by atoms with Gasteiger partial charge in [-0.15, -0.1) is 0 Å². The monoisotopic (exact) mass is 470 g/mol. The fraction of sp³-hybridized carbons (Fsp3) is 0.300. The maximum Gasteiger partial charge on any atom is 0.338 e. The number of fused-ring (bicyclic) bond motifs is 1. The van der Waals surface area contributed by atoms with Crippen LogP contribution in [0.5, 0.6) is 17.2 Å². The van der Waals surface area contributed by atoms with Crippen LogP contribution in [0.2, 0.25) is 0 Å². The van der Waals surface area contributed by atoms with Gasteiger partial charge in [-0.1, -0.05) is 0 Å². The van der Waals surface area contributed by atoms with Crippen molar-refractivity contribution >= 4 is 27.0 Å². The molecule has 32 heavy (non-hydrogen) atoms. The molecule has 12 heteroatoms. The molecular weight excluding hydrogens is 450 g/mol. The van der Waals surface area contributed by atoms with Gasteiger partial charge in [0.25, 0.3) is 10.1 Å². The van der Waals surface area contributed by atoms with E-state index in [1.807, 2.05) is 0 Å². The molecule has 0 bridgehead atoms. The van der Waals surface area contributed by atoms with Gasteiger partial charge >= 0.3 is 11.9 Å². The Morgan fingerprint density at radius 3 is 2.41 bits per heavy atom. The van der Waals surface area contributed by atoms with E-state index in [0.29, 0.717) is 28.7 Å². The summed E-state index contributed by atoms with van der Waals surface area (Å²) in [5.41, 5.74) is 0.921. The van der Waals surface area contributed by atoms with Crippen molar-refractivity contribution in [2.24, 2.45) is 7.05 Å². The van der Waals surface area contributed by atoms with E-state index in [2.05, 4.69) is 9.28 Å². The molecule has 0 aliphatic heterocycles. The number of aromatic nitrogens is 2. The lowest BCUT2D eigenvalue weighted by Gasteiger charge is -2.16. The molecule has 0 aliphatic carbocycles. The Labute approximate surface area is 182 Å². The lowest BCUT2D eigenvalue weighted by Crippen LogP contribution is -2.32. The Bertz CT molecular complexity index is 1220. The first kappa shape index (κ1) is 23.4. The lowest BCUT2D eigenvalue weighted by molar-refractivity contribution is -0.0713. The van der Waals surface area contributed by atoms with Gasteiger partial charge in [0.15, 0.2) is 12.4 Å².